The van der Waals surface area contributed by atoms with E-state index in [1.807, 2.05) is 0 Å². The van der Waals surface area contributed by atoms with E-state index in [9.17, 15) is 9.59 Å². The summed E-state index contributed by atoms with van der Waals surface area (Å²) in [6.45, 7) is 1.49. The molecule has 0 saturated carbocycles. The fourth-order valence-corrected chi connectivity index (χ4v) is 2.43. The maximum absolute atomic E-state index is 11.8. The summed E-state index contributed by atoms with van der Waals surface area (Å²) in [7, 11) is 1.53. The van der Waals surface area contributed by atoms with Crippen LogP contribution in [0, 0.1) is 0 Å². The van der Waals surface area contributed by atoms with Crippen LogP contribution in [0.5, 0.6) is 5.75 Å². The molecule has 0 saturated heterocycles. The van der Waals surface area contributed by atoms with Crippen molar-refractivity contribution in [2.45, 2.75) is 6.92 Å². The van der Waals surface area contributed by atoms with Gasteiger partial charge in [-0.2, -0.15) is 0 Å². The molecule has 126 valence electrons. The molecule has 1 aromatic heterocycles. The van der Waals surface area contributed by atoms with Crippen molar-refractivity contribution in [2.24, 2.45) is 10.7 Å². The first kappa shape index (κ1) is 16.4. The zero-order valence-corrected chi connectivity index (χ0v) is 13.8. The number of benzene rings is 2. The van der Waals surface area contributed by atoms with Gasteiger partial charge in [0.05, 0.1) is 12.8 Å². The number of primary amides is 1. The molecule has 0 fully saturated rings. The van der Waals surface area contributed by atoms with Crippen molar-refractivity contribution in [1.82, 2.24) is 0 Å². The minimum Gasteiger partial charge on any atom is -0.493 e. The van der Waals surface area contributed by atoms with Gasteiger partial charge in [-0.15, -0.1) is 0 Å². The molecule has 0 aliphatic heterocycles. The topological polar surface area (TPSA) is 94.9 Å². The van der Waals surface area contributed by atoms with Gasteiger partial charge in [0.2, 0.25) is 5.55 Å². The lowest BCUT2D eigenvalue weighted by Gasteiger charge is -2.06. The van der Waals surface area contributed by atoms with E-state index in [4.69, 9.17) is 14.9 Å². The highest BCUT2D eigenvalue weighted by Crippen LogP contribution is 2.24. The highest BCUT2D eigenvalue weighted by atomic mass is 16.5. The second-order valence-corrected chi connectivity index (χ2v) is 5.42. The Hall–Kier alpha value is -3.41. The average Bonchev–Trinajstić information content (AvgIpc) is 2.61. The molecule has 0 atom stereocenters. The Kier molecular flexibility index (Phi) is 4.35. The molecule has 0 spiro atoms. The Balaban J connectivity index is 2.23. The molecular weight excluding hydrogens is 320 g/mol. The third kappa shape index (κ3) is 3.28. The largest absolute Gasteiger partial charge is 0.493 e. The maximum Gasteiger partial charge on any atom is 0.254 e. The first-order valence-electron chi connectivity index (χ1n) is 7.56. The lowest BCUT2D eigenvalue weighted by molar-refractivity contribution is 0.0993. The summed E-state index contributed by atoms with van der Waals surface area (Å²) < 4.78 is 11.1. The van der Waals surface area contributed by atoms with Crippen LogP contribution in [-0.2, 0) is 0 Å². The van der Waals surface area contributed by atoms with Crippen molar-refractivity contribution < 1.29 is 18.7 Å². The Morgan fingerprint density at radius 3 is 2.44 bits per heavy atom. The summed E-state index contributed by atoms with van der Waals surface area (Å²) in [6, 6.07) is 13.6. The number of hydrogen-bond donors (Lipinski definition) is 1. The van der Waals surface area contributed by atoms with Gasteiger partial charge in [-0.25, -0.2) is 4.99 Å². The van der Waals surface area contributed by atoms with Crippen LogP contribution in [0.25, 0.3) is 11.0 Å². The molecule has 0 aliphatic carbocycles. The Labute approximate surface area is 143 Å². The number of nitrogens with zero attached hydrogens (tertiary/aromatic N) is 1. The van der Waals surface area contributed by atoms with Gasteiger partial charge in [-0.3, -0.25) is 9.59 Å². The van der Waals surface area contributed by atoms with E-state index >= 15 is 0 Å². The summed E-state index contributed by atoms with van der Waals surface area (Å²) in [5, 5.41) is 0.680. The van der Waals surface area contributed by atoms with E-state index in [1.54, 1.807) is 48.5 Å². The molecule has 0 aliphatic rings. The Morgan fingerprint density at radius 1 is 1.12 bits per heavy atom. The summed E-state index contributed by atoms with van der Waals surface area (Å²) in [5.41, 5.74) is 7.28. The number of methoxy groups -OCH3 is 1. The summed E-state index contributed by atoms with van der Waals surface area (Å²) >= 11 is 0. The minimum absolute atomic E-state index is 0.0375. The quantitative estimate of drug-likeness (QED) is 0.741. The smallest absolute Gasteiger partial charge is 0.254 e. The summed E-state index contributed by atoms with van der Waals surface area (Å²) in [6.07, 6.45) is 0. The van der Waals surface area contributed by atoms with Gasteiger partial charge in [0.15, 0.2) is 17.1 Å². The van der Waals surface area contributed by atoms with E-state index in [-0.39, 0.29) is 16.9 Å². The van der Waals surface area contributed by atoms with Crippen molar-refractivity contribution in [3.05, 3.63) is 65.2 Å². The summed E-state index contributed by atoms with van der Waals surface area (Å²) in [5.74, 6) is -0.158. The number of fused-ring (bicyclic) bond motifs is 1. The number of amides is 1. The van der Waals surface area contributed by atoms with Gasteiger partial charge in [0.1, 0.15) is 5.56 Å². The second-order valence-electron chi connectivity index (χ2n) is 5.42. The molecule has 1 heterocycles. The fourth-order valence-electron chi connectivity index (χ4n) is 2.43. The zero-order valence-electron chi connectivity index (χ0n) is 13.8. The van der Waals surface area contributed by atoms with Gasteiger partial charge in [-0.1, -0.05) is 12.1 Å². The van der Waals surface area contributed by atoms with Gasteiger partial charge >= 0.3 is 0 Å². The SMILES string of the molecule is COc1cccc2cc(C(N)=O)c(=Nc3ccc(C(C)=O)cc3)oc12. The molecule has 0 radical (unpaired) electrons. The van der Waals surface area contributed by atoms with Gasteiger partial charge in [-0.05, 0) is 43.3 Å². The normalized spacial score (nSPS) is 11.5. The van der Waals surface area contributed by atoms with E-state index in [1.165, 1.54) is 14.0 Å². The fraction of sp³-hybridized carbons (Fsp3) is 0.105. The molecule has 0 unspecified atom stereocenters. The standard InChI is InChI=1S/C19H16N2O4/c1-11(22)12-6-8-14(9-7-12)21-19-15(18(20)23)10-13-4-3-5-16(24-2)17(13)25-19/h3-10H,1-2H3,(H2,20,23). The Bertz CT molecular complexity index is 1030. The van der Waals surface area contributed by atoms with Crippen LogP contribution in [-0.4, -0.2) is 18.8 Å². The minimum atomic E-state index is -0.646. The average molecular weight is 336 g/mol. The molecule has 6 nitrogen and oxygen atoms in total. The molecular formula is C19H16N2O4. The number of para-hydroxylation sites is 1. The van der Waals surface area contributed by atoms with Crippen LogP contribution in [0.15, 0.2) is 57.9 Å². The van der Waals surface area contributed by atoms with Crippen LogP contribution in [0.3, 0.4) is 0 Å². The first-order chi connectivity index (χ1) is 12.0. The van der Waals surface area contributed by atoms with Crippen LogP contribution in [0.4, 0.5) is 5.69 Å². The molecule has 3 rings (SSSR count). The predicted octanol–water partition coefficient (Wildman–Crippen LogP) is 2.98. The molecule has 2 N–H and O–H groups in total. The van der Waals surface area contributed by atoms with Crippen molar-refractivity contribution in [1.29, 1.82) is 0 Å². The number of nitrogens with two attached hydrogens (primary N) is 1. The van der Waals surface area contributed by atoms with Gasteiger partial charge < -0.3 is 14.9 Å². The lowest BCUT2D eigenvalue weighted by atomic mass is 10.1. The predicted molar refractivity (Wildman–Crippen MR) is 93.0 cm³/mol. The van der Waals surface area contributed by atoms with Crippen LogP contribution in [0.2, 0.25) is 0 Å². The summed E-state index contributed by atoms with van der Waals surface area (Å²) in [4.78, 5) is 27.5. The number of carbonyl (C=O) groups excluding carboxylic acids is 2. The third-order valence-corrected chi connectivity index (χ3v) is 3.73. The molecule has 0 bridgehead atoms. The second kappa shape index (κ2) is 6.60. The highest BCUT2D eigenvalue weighted by Gasteiger charge is 2.12. The number of ether oxygens (including phenoxy) is 1. The van der Waals surface area contributed by atoms with Crippen LogP contribution in [0.1, 0.15) is 27.6 Å². The Morgan fingerprint density at radius 2 is 1.84 bits per heavy atom. The third-order valence-electron chi connectivity index (χ3n) is 3.73. The van der Waals surface area contributed by atoms with E-state index in [0.717, 1.165) is 0 Å². The van der Waals surface area contributed by atoms with E-state index in [2.05, 4.69) is 4.99 Å². The van der Waals surface area contributed by atoms with Gasteiger partial charge in [0.25, 0.3) is 5.91 Å². The number of carbonyl (C=O) groups is 2. The number of rotatable bonds is 4. The number of ketones is 1. The van der Waals surface area contributed by atoms with E-state index in [0.29, 0.717) is 28.0 Å². The maximum atomic E-state index is 11.8. The molecule has 2 aromatic carbocycles. The van der Waals surface area contributed by atoms with Crippen LogP contribution >= 0.6 is 0 Å². The molecule has 6 heteroatoms. The lowest BCUT2D eigenvalue weighted by Crippen LogP contribution is -2.21. The number of Topliss-reactive ketones (excluding diaryl/α,β-unsaturated/α-hetero) is 1. The van der Waals surface area contributed by atoms with Crippen molar-refractivity contribution >= 4 is 28.3 Å². The highest BCUT2D eigenvalue weighted by molar-refractivity contribution is 5.96. The van der Waals surface area contributed by atoms with E-state index < -0.39 is 5.91 Å². The first-order valence-corrected chi connectivity index (χ1v) is 7.56. The zero-order chi connectivity index (χ0) is 18.0. The monoisotopic (exact) mass is 336 g/mol. The van der Waals surface area contributed by atoms with Crippen molar-refractivity contribution in [3.8, 4) is 5.75 Å². The molecule has 3 aromatic rings. The van der Waals surface area contributed by atoms with Crippen molar-refractivity contribution in [2.75, 3.05) is 7.11 Å². The number of hydrogen-bond acceptors (Lipinski definition) is 5. The van der Waals surface area contributed by atoms with Gasteiger partial charge in [0, 0.05) is 10.9 Å². The van der Waals surface area contributed by atoms with Crippen LogP contribution < -0.4 is 16.0 Å². The molecule has 1 amide bonds. The molecule has 25 heavy (non-hydrogen) atoms. The van der Waals surface area contributed by atoms with Crippen molar-refractivity contribution in [3.63, 3.8) is 0 Å².